The van der Waals surface area contributed by atoms with Crippen LogP contribution < -0.4 is 9.47 Å². The van der Waals surface area contributed by atoms with E-state index in [9.17, 15) is 4.79 Å². The van der Waals surface area contributed by atoms with Gasteiger partial charge in [0, 0.05) is 11.4 Å². The molecule has 22 heavy (non-hydrogen) atoms. The maximum absolute atomic E-state index is 10.7. The number of hydrogen-bond acceptors (Lipinski definition) is 3. The average Bonchev–Trinajstić information content (AvgIpc) is 2.49. The van der Waals surface area contributed by atoms with Crippen LogP contribution in [0, 0.1) is 6.92 Å². The molecule has 0 aliphatic rings. The van der Waals surface area contributed by atoms with Crippen LogP contribution in [0.3, 0.4) is 0 Å². The second-order valence-corrected chi connectivity index (χ2v) is 5.23. The van der Waals surface area contributed by atoms with Crippen molar-refractivity contribution in [2.45, 2.75) is 13.3 Å². The molecule has 0 bridgehead atoms. The van der Waals surface area contributed by atoms with Gasteiger partial charge >= 0.3 is 5.97 Å². The maximum Gasteiger partial charge on any atom is 0.335 e. The van der Waals surface area contributed by atoms with Crippen molar-refractivity contribution in [1.82, 2.24) is 0 Å². The zero-order valence-electron chi connectivity index (χ0n) is 12.2. The molecule has 0 spiro atoms. The number of halogens is 1. The fraction of sp³-hybridized carbons (Fsp3) is 0.235. The Hall–Kier alpha value is -2.20. The quantitative estimate of drug-likeness (QED) is 0.777. The van der Waals surface area contributed by atoms with Crippen molar-refractivity contribution < 1.29 is 19.4 Å². The highest BCUT2D eigenvalue weighted by Crippen LogP contribution is 2.21. The van der Waals surface area contributed by atoms with E-state index >= 15 is 0 Å². The summed E-state index contributed by atoms with van der Waals surface area (Å²) in [5, 5.41) is 9.50. The normalized spacial score (nSPS) is 10.3. The predicted molar refractivity (Wildman–Crippen MR) is 85.2 cm³/mol. The second-order valence-electron chi connectivity index (χ2n) is 4.79. The van der Waals surface area contributed by atoms with Crippen LogP contribution in [-0.4, -0.2) is 24.3 Å². The fourth-order valence-electron chi connectivity index (χ4n) is 1.90. The molecule has 0 aromatic heterocycles. The van der Waals surface area contributed by atoms with Gasteiger partial charge in [-0.1, -0.05) is 11.6 Å². The zero-order chi connectivity index (χ0) is 15.9. The Labute approximate surface area is 134 Å². The predicted octanol–water partition coefficient (Wildman–Crippen LogP) is 4.19. The highest BCUT2D eigenvalue weighted by molar-refractivity contribution is 6.30. The number of hydrogen-bond donors (Lipinski definition) is 1. The third-order valence-corrected chi connectivity index (χ3v) is 3.29. The van der Waals surface area contributed by atoms with E-state index < -0.39 is 5.97 Å². The summed E-state index contributed by atoms with van der Waals surface area (Å²) in [6, 6.07) is 11.8. The Morgan fingerprint density at radius 2 is 1.77 bits per heavy atom. The lowest BCUT2D eigenvalue weighted by Crippen LogP contribution is -2.05. The third-order valence-electron chi connectivity index (χ3n) is 3.05. The molecule has 5 heteroatoms. The van der Waals surface area contributed by atoms with Gasteiger partial charge in [-0.2, -0.15) is 0 Å². The van der Waals surface area contributed by atoms with Gasteiger partial charge in [0.15, 0.2) is 0 Å². The molecule has 2 aromatic rings. The third kappa shape index (κ3) is 4.67. The number of benzene rings is 2. The molecular formula is C17H17ClO4. The standard InChI is InChI=1S/C17H17ClO4/c1-12-11-14(18)5-8-16(12)22-10-2-9-21-15-6-3-13(4-7-15)17(19)20/h3-8,11H,2,9-10H2,1H3,(H,19,20). The molecule has 0 fully saturated rings. The SMILES string of the molecule is Cc1cc(Cl)ccc1OCCCOc1ccc(C(=O)O)cc1. The lowest BCUT2D eigenvalue weighted by atomic mass is 10.2. The molecule has 116 valence electrons. The van der Waals surface area contributed by atoms with Crippen molar-refractivity contribution in [2.75, 3.05) is 13.2 Å². The van der Waals surface area contributed by atoms with Crippen molar-refractivity contribution in [3.63, 3.8) is 0 Å². The van der Waals surface area contributed by atoms with Gasteiger partial charge in [0.2, 0.25) is 0 Å². The fourth-order valence-corrected chi connectivity index (χ4v) is 2.13. The highest BCUT2D eigenvalue weighted by atomic mass is 35.5. The number of carboxylic acid groups (broad SMARTS) is 1. The number of rotatable bonds is 7. The van der Waals surface area contributed by atoms with Gasteiger partial charge in [-0.15, -0.1) is 0 Å². The van der Waals surface area contributed by atoms with Crippen LogP contribution in [-0.2, 0) is 0 Å². The summed E-state index contributed by atoms with van der Waals surface area (Å²) < 4.78 is 11.2. The van der Waals surface area contributed by atoms with Crippen molar-refractivity contribution in [2.24, 2.45) is 0 Å². The number of carboxylic acids is 1. The minimum atomic E-state index is -0.946. The molecule has 0 aliphatic heterocycles. The highest BCUT2D eigenvalue weighted by Gasteiger charge is 2.03. The first-order valence-corrected chi connectivity index (χ1v) is 7.29. The summed E-state index contributed by atoms with van der Waals surface area (Å²) in [6.07, 6.45) is 0.725. The summed E-state index contributed by atoms with van der Waals surface area (Å²) in [5.41, 5.74) is 1.24. The van der Waals surface area contributed by atoms with Gasteiger partial charge in [-0.05, 0) is 55.0 Å². The van der Waals surface area contributed by atoms with Crippen LogP contribution in [0.5, 0.6) is 11.5 Å². The van der Waals surface area contributed by atoms with E-state index in [2.05, 4.69) is 0 Å². The molecule has 0 saturated heterocycles. The first-order chi connectivity index (χ1) is 10.6. The van der Waals surface area contributed by atoms with Crippen LogP contribution in [0.25, 0.3) is 0 Å². The van der Waals surface area contributed by atoms with Gasteiger partial charge in [0.1, 0.15) is 11.5 Å². The van der Waals surface area contributed by atoms with Gasteiger partial charge in [-0.3, -0.25) is 0 Å². The van der Waals surface area contributed by atoms with E-state index in [1.165, 1.54) is 12.1 Å². The minimum Gasteiger partial charge on any atom is -0.493 e. The Morgan fingerprint density at radius 1 is 1.09 bits per heavy atom. The van der Waals surface area contributed by atoms with E-state index in [0.717, 1.165) is 17.7 Å². The van der Waals surface area contributed by atoms with E-state index in [0.29, 0.717) is 24.0 Å². The Morgan fingerprint density at radius 3 is 2.41 bits per heavy atom. The van der Waals surface area contributed by atoms with Gasteiger partial charge in [0.05, 0.1) is 18.8 Å². The molecule has 4 nitrogen and oxygen atoms in total. The monoisotopic (exact) mass is 320 g/mol. The molecule has 0 heterocycles. The van der Waals surface area contributed by atoms with E-state index in [-0.39, 0.29) is 5.56 Å². The van der Waals surface area contributed by atoms with Crippen LogP contribution in [0.4, 0.5) is 0 Å². The first-order valence-electron chi connectivity index (χ1n) is 6.91. The summed E-state index contributed by atoms with van der Waals surface area (Å²) in [5.74, 6) is 0.515. The lowest BCUT2D eigenvalue weighted by Gasteiger charge is -2.10. The van der Waals surface area contributed by atoms with E-state index in [4.69, 9.17) is 26.2 Å². The average molecular weight is 321 g/mol. The first kappa shape index (κ1) is 16.2. The topological polar surface area (TPSA) is 55.8 Å². The van der Waals surface area contributed by atoms with Crippen molar-refractivity contribution in [3.05, 3.63) is 58.6 Å². The van der Waals surface area contributed by atoms with Crippen molar-refractivity contribution in [3.8, 4) is 11.5 Å². The molecule has 2 rings (SSSR count). The van der Waals surface area contributed by atoms with Crippen molar-refractivity contribution in [1.29, 1.82) is 0 Å². The number of ether oxygens (including phenoxy) is 2. The van der Waals surface area contributed by atoms with Crippen LogP contribution >= 0.6 is 11.6 Å². The van der Waals surface area contributed by atoms with E-state index in [1.54, 1.807) is 18.2 Å². The Kier molecular flexibility index (Phi) is 5.67. The molecule has 0 saturated carbocycles. The van der Waals surface area contributed by atoms with Gasteiger partial charge in [0.25, 0.3) is 0 Å². The van der Waals surface area contributed by atoms with Gasteiger partial charge in [-0.25, -0.2) is 4.79 Å². The number of aromatic carboxylic acids is 1. The van der Waals surface area contributed by atoms with Crippen LogP contribution in [0.15, 0.2) is 42.5 Å². The molecule has 2 aromatic carbocycles. The summed E-state index contributed by atoms with van der Waals surface area (Å²) in [4.78, 5) is 10.7. The minimum absolute atomic E-state index is 0.244. The summed E-state index contributed by atoms with van der Waals surface area (Å²) in [7, 11) is 0. The molecule has 0 radical (unpaired) electrons. The Balaban J connectivity index is 1.72. The molecule has 0 amide bonds. The molecule has 1 N–H and O–H groups in total. The van der Waals surface area contributed by atoms with Gasteiger partial charge < -0.3 is 14.6 Å². The smallest absolute Gasteiger partial charge is 0.335 e. The maximum atomic E-state index is 10.7. The molecule has 0 unspecified atom stereocenters. The molecule has 0 atom stereocenters. The summed E-state index contributed by atoms with van der Waals surface area (Å²) in [6.45, 7) is 2.98. The number of carbonyl (C=O) groups is 1. The largest absolute Gasteiger partial charge is 0.493 e. The zero-order valence-corrected chi connectivity index (χ0v) is 13.0. The van der Waals surface area contributed by atoms with E-state index in [1.807, 2.05) is 19.1 Å². The van der Waals surface area contributed by atoms with Crippen molar-refractivity contribution >= 4 is 17.6 Å². The lowest BCUT2D eigenvalue weighted by molar-refractivity contribution is 0.0697. The number of aryl methyl sites for hydroxylation is 1. The molecular weight excluding hydrogens is 304 g/mol. The second kappa shape index (κ2) is 7.71. The Bertz CT molecular complexity index is 638. The molecule has 0 aliphatic carbocycles. The van der Waals surface area contributed by atoms with Crippen LogP contribution in [0.2, 0.25) is 5.02 Å². The van der Waals surface area contributed by atoms with Crippen LogP contribution in [0.1, 0.15) is 22.3 Å². The summed E-state index contributed by atoms with van der Waals surface area (Å²) >= 11 is 5.89.